The van der Waals surface area contributed by atoms with Gasteiger partial charge in [-0.2, -0.15) is 0 Å². The Morgan fingerprint density at radius 3 is 2.61 bits per heavy atom. The molecule has 23 heavy (non-hydrogen) atoms. The van der Waals surface area contributed by atoms with Crippen molar-refractivity contribution in [3.05, 3.63) is 39.5 Å². The van der Waals surface area contributed by atoms with Crippen LogP contribution in [-0.2, 0) is 16.1 Å². The average Bonchev–Trinajstić information content (AvgIpc) is 2.50. The number of hydrogen-bond donors (Lipinski definition) is 0. The number of ether oxygens (including phenoxy) is 1. The first-order chi connectivity index (χ1) is 10.9. The fraction of sp³-hybridized carbons (Fsp3) is 0.500. The maximum absolute atomic E-state index is 12.2. The van der Waals surface area contributed by atoms with E-state index in [9.17, 15) is 14.4 Å². The number of carbonyl (C=O) groups is 2. The second kappa shape index (κ2) is 9.19. The van der Waals surface area contributed by atoms with E-state index in [-0.39, 0.29) is 17.0 Å². The second-order valence-corrected chi connectivity index (χ2v) is 5.60. The molecule has 0 amide bonds. The van der Waals surface area contributed by atoms with Crippen molar-refractivity contribution in [1.29, 1.82) is 0 Å². The summed E-state index contributed by atoms with van der Waals surface area (Å²) in [4.78, 5) is 35.5. The van der Waals surface area contributed by atoms with Crippen LogP contribution in [0.15, 0.2) is 29.2 Å². The van der Waals surface area contributed by atoms with Gasteiger partial charge in [0, 0.05) is 24.7 Å². The summed E-state index contributed by atoms with van der Waals surface area (Å²) in [5.74, 6) is -0.710. The molecule has 7 heteroatoms. The first-order valence-electron chi connectivity index (χ1n) is 7.56. The van der Waals surface area contributed by atoms with E-state index in [2.05, 4.69) is 6.58 Å². The molecular formula is C16H22N2O4S. The third-order valence-electron chi connectivity index (χ3n) is 3.26. The van der Waals surface area contributed by atoms with Crippen LogP contribution in [0.4, 0.5) is 0 Å². The topological polar surface area (TPSA) is 70.3 Å². The van der Waals surface area contributed by atoms with Crippen LogP contribution < -0.4 is 5.69 Å². The molecule has 0 radical (unpaired) electrons. The summed E-state index contributed by atoms with van der Waals surface area (Å²) >= 11 is 5.06. The fourth-order valence-corrected chi connectivity index (χ4v) is 2.18. The molecule has 1 aromatic heterocycles. The molecule has 0 aromatic carbocycles. The van der Waals surface area contributed by atoms with Crippen LogP contribution in [-0.4, -0.2) is 27.6 Å². The van der Waals surface area contributed by atoms with Gasteiger partial charge in [0.25, 0.3) is 0 Å². The van der Waals surface area contributed by atoms with Gasteiger partial charge in [-0.1, -0.05) is 18.8 Å². The van der Waals surface area contributed by atoms with Crippen molar-refractivity contribution in [2.24, 2.45) is 0 Å². The number of esters is 1. The van der Waals surface area contributed by atoms with Gasteiger partial charge in [0.1, 0.15) is 4.64 Å². The van der Waals surface area contributed by atoms with Crippen LogP contribution >= 0.6 is 12.2 Å². The number of nitrogens with zero attached hydrogens (tertiary/aromatic N) is 2. The molecule has 0 aliphatic carbocycles. The smallest absolute Gasteiger partial charge is 0.336 e. The van der Waals surface area contributed by atoms with Crippen molar-refractivity contribution in [2.45, 2.75) is 46.1 Å². The van der Waals surface area contributed by atoms with E-state index >= 15 is 0 Å². The third kappa shape index (κ3) is 5.59. The molecule has 1 rings (SSSR count). The minimum Gasteiger partial charge on any atom is -0.462 e. The Morgan fingerprint density at radius 2 is 2.00 bits per heavy atom. The standard InChI is InChI=1S/C16H22N2O4S/c1-4-17-10-9-14(23)18(16(17)21)13(19)8-6-5-7-11-22-15(20)12(2)3/h9-10H,2,4-8,11H2,1,3H3. The zero-order valence-corrected chi connectivity index (χ0v) is 14.4. The number of carbonyl (C=O) groups excluding carboxylic acids is 2. The molecule has 126 valence electrons. The Labute approximate surface area is 140 Å². The summed E-state index contributed by atoms with van der Waals surface area (Å²) in [6.45, 7) is 7.69. The summed E-state index contributed by atoms with van der Waals surface area (Å²) in [5.41, 5.74) is -0.0359. The highest BCUT2D eigenvalue weighted by Crippen LogP contribution is 2.04. The number of aromatic nitrogens is 2. The Morgan fingerprint density at radius 1 is 1.30 bits per heavy atom. The number of unbranched alkanes of at least 4 members (excludes halogenated alkanes) is 2. The van der Waals surface area contributed by atoms with Crippen LogP contribution in [0, 0.1) is 4.64 Å². The predicted molar refractivity (Wildman–Crippen MR) is 90.1 cm³/mol. The van der Waals surface area contributed by atoms with Gasteiger partial charge in [0.15, 0.2) is 0 Å². The van der Waals surface area contributed by atoms with Crippen molar-refractivity contribution in [2.75, 3.05) is 6.61 Å². The summed E-state index contributed by atoms with van der Waals surface area (Å²) in [6, 6.07) is 1.58. The van der Waals surface area contributed by atoms with Crippen LogP contribution in [0.2, 0.25) is 0 Å². The molecule has 0 atom stereocenters. The minimum absolute atomic E-state index is 0.222. The number of aryl methyl sites for hydroxylation is 1. The van der Waals surface area contributed by atoms with Gasteiger partial charge in [0.05, 0.1) is 6.61 Å². The highest BCUT2D eigenvalue weighted by Gasteiger charge is 2.10. The van der Waals surface area contributed by atoms with E-state index in [4.69, 9.17) is 17.0 Å². The lowest BCUT2D eigenvalue weighted by atomic mass is 10.2. The molecule has 0 saturated carbocycles. The highest BCUT2D eigenvalue weighted by atomic mass is 32.1. The Bertz CT molecular complexity index is 703. The van der Waals surface area contributed by atoms with Crippen molar-refractivity contribution in [3.8, 4) is 0 Å². The molecule has 6 nitrogen and oxygen atoms in total. The molecule has 0 saturated heterocycles. The summed E-state index contributed by atoms with van der Waals surface area (Å²) in [5, 5.41) is 0. The quantitative estimate of drug-likeness (QED) is 0.315. The van der Waals surface area contributed by atoms with Gasteiger partial charge >= 0.3 is 11.7 Å². The van der Waals surface area contributed by atoms with E-state index in [1.807, 2.05) is 6.92 Å². The first-order valence-corrected chi connectivity index (χ1v) is 7.97. The van der Waals surface area contributed by atoms with E-state index in [1.54, 1.807) is 19.2 Å². The molecule has 1 aromatic rings. The number of hydrogen-bond acceptors (Lipinski definition) is 5. The van der Waals surface area contributed by atoms with E-state index in [1.165, 1.54) is 4.57 Å². The monoisotopic (exact) mass is 338 g/mol. The molecule has 0 unspecified atom stereocenters. The zero-order valence-electron chi connectivity index (χ0n) is 13.5. The van der Waals surface area contributed by atoms with Gasteiger partial charge in [-0.3, -0.25) is 4.79 Å². The van der Waals surface area contributed by atoms with Crippen LogP contribution in [0.3, 0.4) is 0 Å². The van der Waals surface area contributed by atoms with Gasteiger partial charge < -0.3 is 9.30 Å². The molecule has 0 aliphatic rings. The lowest BCUT2D eigenvalue weighted by Gasteiger charge is -2.08. The lowest BCUT2D eigenvalue weighted by Crippen LogP contribution is -2.34. The second-order valence-electron chi connectivity index (χ2n) is 5.18. The van der Waals surface area contributed by atoms with Gasteiger partial charge in [-0.05, 0) is 39.2 Å². The van der Waals surface area contributed by atoms with Crippen molar-refractivity contribution in [1.82, 2.24) is 9.13 Å². The minimum atomic E-state index is -0.406. The molecule has 1 heterocycles. The lowest BCUT2D eigenvalue weighted by molar-refractivity contribution is -0.139. The molecule has 0 fully saturated rings. The number of rotatable bonds is 8. The van der Waals surface area contributed by atoms with Crippen molar-refractivity contribution in [3.63, 3.8) is 0 Å². The molecule has 0 aliphatic heterocycles. The SMILES string of the molecule is C=C(C)C(=O)OCCCCCC(=O)n1c(=S)ccn(CC)c1=O. The predicted octanol–water partition coefficient (Wildman–Crippen LogP) is 2.72. The van der Waals surface area contributed by atoms with Crippen LogP contribution in [0.5, 0.6) is 0 Å². The molecule has 0 spiro atoms. The summed E-state index contributed by atoms with van der Waals surface area (Å²) < 4.78 is 7.66. The molecule has 0 bridgehead atoms. The summed E-state index contributed by atoms with van der Waals surface area (Å²) in [7, 11) is 0. The Hall–Kier alpha value is -2.02. The van der Waals surface area contributed by atoms with Crippen LogP contribution in [0.1, 0.15) is 44.3 Å². The van der Waals surface area contributed by atoms with E-state index in [0.29, 0.717) is 31.6 Å². The van der Waals surface area contributed by atoms with Crippen LogP contribution in [0.25, 0.3) is 0 Å². The van der Waals surface area contributed by atoms with Crippen molar-refractivity contribution >= 4 is 24.1 Å². The van der Waals surface area contributed by atoms with Gasteiger partial charge in [-0.25, -0.2) is 14.2 Å². The Balaban J connectivity index is 2.47. The molecule has 0 N–H and O–H groups in total. The van der Waals surface area contributed by atoms with E-state index < -0.39 is 11.7 Å². The van der Waals surface area contributed by atoms with Gasteiger partial charge in [0.2, 0.25) is 5.91 Å². The maximum Gasteiger partial charge on any atom is 0.336 e. The largest absolute Gasteiger partial charge is 0.462 e. The van der Waals surface area contributed by atoms with E-state index in [0.717, 1.165) is 11.0 Å². The first kappa shape index (κ1) is 19.0. The van der Waals surface area contributed by atoms with Crippen molar-refractivity contribution < 1.29 is 14.3 Å². The average molecular weight is 338 g/mol. The highest BCUT2D eigenvalue weighted by molar-refractivity contribution is 7.71. The Kier molecular flexibility index (Phi) is 7.61. The van der Waals surface area contributed by atoms with Gasteiger partial charge in [-0.15, -0.1) is 0 Å². The fourth-order valence-electron chi connectivity index (χ4n) is 1.94. The molecular weight excluding hydrogens is 316 g/mol. The maximum atomic E-state index is 12.2. The summed E-state index contributed by atoms with van der Waals surface area (Å²) in [6.07, 6.45) is 3.80. The normalized spacial score (nSPS) is 10.3. The third-order valence-corrected chi connectivity index (χ3v) is 3.58. The zero-order chi connectivity index (χ0) is 17.4.